The Morgan fingerprint density at radius 3 is 2.46 bits per heavy atom. The molecule has 0 aliphatic heterocycles. The van der Waals surface area contributed by atoms with Crippen LogP contribution in [0.2, 0.25) is 30.7 Å². The molecule has 0 unspecified atom stereocenters. The lowest BCUT2D eigenvalue weighted by Gasteiger charge is -2.26. The first-order chi connectivity index (χ1) is 18.4. The van der Waals surface area contributed by atoms with Gasteiger partial charge in [-0.3, -0.25) is 4.79 Å². The van der Waals surface area contributed by atoms with E-state index in [4.69, 9.17) is 42.1 Å². The highest BCUT2D eigenvalue weighted by molar-refractivity contribution is 6.76. The van der Waals surface area contributed by atoms with Crippen LogP contribution in [0.25, 0.3) is 5.69 Å². The van der Waals surface area contributed by atoms with E-state index in [2.05, 4.69) is 30.1 Å². The molecular weight excluding hydrogens is 557 g/mol. The summed E-state index contributed by atoms with van der Waals surface area (Å²) in [6.45, 7) is 12.0. The molecule has 212 valence electrons. The molecule has 1 amide bonds. The summed E-state index contributed by atoms with van der Waals surface area (Å²) < 4.78 is 24.6. The van der Waals surface area contributed by atoms with Gasteiger partial charge in [-0.05, 0) is 56.3 Å². The first kappa shape index (κ1) is 31.0. The summed E-state index contributed by atoms with van der Waals surface area (Å²) in [5.74, 6) is 0.749. The van der Waals surface area contributed by atoms with E-state index in [0.717, 1.165) is 11.7 Å². The number of nitrogens with one attached hydrogen (secondary N) is 1. The Morgan fingerprint density at radius 1 is 1.10 bits per heavy atom. The molecule has 1 N–H and O–H groups in total. The van der Waals surface area contributed by atoms with Crippen molar-refractivity contribution in [2.75, 3.05) is 32.4 Å². The van der Waals surface area contributed by atoms with Crippen LogP contribution in [-0.4, -0.2) is 56.5 Å². The second-order valence-electron chi connectivity index (χ2n) is 10.9. The van der Waals surface area contributed by atoms with Gasteiger partial charge in [0.25, 0.3) is 5.91 Å². The number of aromatic nitrogens is 2. The second-order valence-corrected chi connectivity index (χ2v) is 17.2. The van der Waals surface area contributed by atoms with E-state index < -0.39 is 13.7 Å². The van der Waals surface area contributed by atoms with Crippen molar-refractivity contribution >= 4 is 42.9 Å². The normalized spacial score (nSPS) is 11.9. The summed E-state index contributed by atoms with van der Waals surface area (Å²) in [6, 6.07) is 13.4. The third-order valence-electron chi connectivity index (χ3n) is 5.78. The van der Waals surface area contributed by atoms with Crippen LogP contribution in [0, 0.1) is 0 Å². The van der Waals surface area contributed by atoms with Gasteiger partial charge < -0.3 is 24.3 Å². The first-order valence-corrected chi connectivity index (χ1v) is 17.3. The Morgan fingerprint density at radius 2 is 1.82 bits per heavy atom. The minimum absolute atomic E-state index is 0.0840. The predicted molar refractivity (Wildman–Crippen MR) is 159 cm³/mol. The molecule has 0 aliphatic rings. The molecule has 1 aromatic heterocycles. The van der Waals surface area contributed by atoms with Crippen molar-refractivity contribution in [1.29, 1.82) is 0 Å². The maximum Gasteiger partial charge on any atom is 0.259 e. The van der Waals surface area contributed by atoms with E-state index in [1.807, 2.05) is 26.0 Å². The Bertz CT molecular complexity index is 1240. The molecule has 1 heterocycles. The third kappa shape index (κ3) is 9.54. The average Bonchev–Trinajstić information content (AvgIpc) is 3.32. The van der Waals surface area contributed by atoms with Crippen molar-refractivity contribution in [2.24, 2.45) is 0 Å². The van der Waals surface area contributed by atoms with Gasteiger partial charge in [-0.1, -0.05) is 31.2 Å². The number of hydrogen-bond acceptors (Lipinski definition) is 6. The van der Waals surface area contributed by atoms with Gasteiger partial charge in [0.1, 0.15) is 13.4 Å². The van der Waals surface area contributed by atoms with Crippen molar-refractivity contribution in [1.82, 2.24) is 9.78 Å². The van der Waals surface area contributed by atoms with E-state index in [1.165, 1.54) is 0 Å². The van der Waals surface area contributed by atoms with Crippen LogP contribution in [0.5, 0.6) is 11.5 Å². The van der Waals surface area contributed by atoms with Gasteiger partial charge in [0.2, 0.25) is 0 Å². The molecule has 0 fully saturated rings. The molecule has 3 aromatic rings. The molecule has 0 bridgehead atoms. The van der Waals surface area contributed by atoms with E-state index in [-0.39, 0.29) is 25.2 Å². The molecule has 0 spiro atoms. The van der Waals surface area contributed by atoms with Crippen LogP contribution in [0.1, 0.15) is 29.9 Å². The molecule has 0 radical (unpaired) electrons. The van der Waals surface area contributed by atoms with Crippen LogP contribution >= 0.6 is 23.2 Å². The first-order valence-electron chi connectivity index (χ1n) is 12.6. The summed E-state index contributed by atoms with van der Waals surface area (Å²) in [4.78, 5) is 13.1. The van der Waals surface area contributed by atoms with E-state index in [9.17, 15) is 4.79 Å². The molecule has 0 atom stereocenters. The van der Waals surface area contributed by atoms with Gasteiger partial charge in [-0.15, -0.1) is 11.6 Å². The van der Waals surface area contributed by atoms with E-state index >= 15 is 0 Å². The molecule has 3 rings (SSSR count). The lowest BCUT2D eigenvalue weighted by Crippen LogP contribution is -2.33. The second kappa shape index (κ2) is 13.7. The number of halogens is 2. The van der Waals surface area contributed by atoms with Gasteiger partial charge in [-0.2, -0.15) is 5.10 Å². The fourth-order valence-electron chi connectivity index (χ4n) is 3.42. The largest absolute Gasteiger partial charge is 0.493 e. The number of carbonyl (C=O) groups is 1. The summed E-state index contributed by atoms with van der Waals surface area (Å²) in [5, 5.41) is 7.94. The number of hydrogen-bond donors (Lipinski definition) is 1. The monoisotopic (exact) mass is 593 g/mol. The fourth-order valence-corrected chi connectivity index (χ4v) is 4.50. The SMILES string of the molecule is COc1cc(NC(=O)c2cn(-c3ccc(Cl)cc3)nc2CCl)ccc1OCC(C)(C)OCOCC[Si](C)(C)C. The predicted octanol–water partition coefficient (Wildman–Crippen LogP) is 7.01. The minimum atomic E-state index is -1.14. The molecule has 11 heteroatoms. The zero-order chi connectivity index (χ0) is 28.6. The summed E-state index contributed by atoms with van der Waals surface area (Å²) >= 11 is 12.1. The van der Waals surface area contributed by atoms with Crippen molar-refractivity contribution in [3.8, 4) is 17.2 Å². The Balaban J connectivity index is 1.61. The molecule has 0 saturated heterocycles. The van der Waals surface area contributed by atoms with Gasteiger partial charge in [0.05, 0.1) is 35.5 Å². The van der Waals surface area contributed by atoms with Crippen molar-refractivity contribution in [3.63, 3.8) is 0 Å². The van der Waals surface area contributed by atoms with Crippen LogP contribution < -0.4 is 14.8 Å². The van der Waals surface area contributed by atoms with Gasteiger partial charge in [0.15, 0.2) is 11.5 Å². The summed E-state index contributed by atoms with van der Waals surface area (Å²) in [5.41, 5.74) is 1.56. The molecule has 0 saturated carbocycles. The van der Waals surface area contributed by atoms with Crippen molar-refractivity contribution in [3.05, 3.63) is 64.9 Å². The highest BCUT2D eigenvalue weighted by atomic mass is 35.5. The molecule has 0 aliphatic carbocycles. The van der Waals surface area contributed by atoms with Gasteiger partial charge in [0, 0.05) is 37.7 Å². The number of methoxy groups -OCH3 is 1. The number of carbonyl (C=O) groups excluding carboxylic acids is 1. The lowest BCUT2D eigenvalue weighted by molar-refractivity contribution is -0.137. The number of amides is 1. The van der Waals surface area contributed by atoms with Crippen LogP contribution in [0.4, 0.5) is 5.69 Å². The number of rotatable bonds is 14. The Hall–Kier alpha value is -2.56. The zero-order valence-electron chi connectivity index (χ0n) is 23.3. The smallest absolute Gasteiger partial charge is 0.259 e. The summed E-state index contributed by atoms with van der Waals surface area (Å²) in [6.07, 6.45) is 1.64. The van der Waals surface area contributed by atoms with E-state index in [1.54, 1.807) is 48.3 Å². The van der Waals surface area contributed by atoms with Gasteiger partial charge >= 0.3 is 0 Å². The molecule has 39 heavy (non-hydrogen) atoms. The third-order valence-corrected chi connectivity index (χ3v) is 7.99. The van der Waals surface area contributed by atoms with Crippen LogP contribution in [-0.2, 0) is 15.4 Å². The maximum atomic E-state index is 13.1. The topological polar surface area (TPSA) is 83.8 Å². The van der Waals surface area contributed by atoms with Crippen LogP contribution in [0.3, 0.4) is 0 Å². The number of nitrogens with zero attached hydrogens (tertiary/aromatic N) is 2. The average molecular weight is 595 g/mol. The lowest BCUT2D eigenvalue weighted by atomic mass is 10.1. The van der Waals surface area contributed by atoms with Crippen molar-refractivity contribution in [2.45, 2.75) is 51.0 Å². The summed E-state index contributed by atoms with van der Waals surface area (Å²) in [7, 11) is 0.409. The number of benzene rings is 2. The highest BCUT2D eigenvalue weighted by Gasteiger charge is 2.22. The highest BCUT2D eigenvalue weighted by Crippen LogP contribution is 2.31. The zero-order valence-corrected chi connectivity index (χ0v) is 25.9. The minimum Gasteiger partial charge on any atom is -0.493 e. The maximum absolute atomic E-state index is 13.1. The standard InChI is InChI=1S/C28H37Cl2N3O5Si/c1-28(2,38-19-36-13-14-39(4,5)6)18-37-25-12-9-21(15-26(25)35-3)31-27(34)23-17-33(32-24(23)16-29)22-10-7-20(30)8-11-22/h7-12,15,17H,13-14,16,18-19H2,1-6H3,(H,31,34). The van der Waals surface area contributed by atoms with E-state index in [0.29, 0.717) is 40.1 Å². The fraction of sp³-hybridized carbons (Fsp3) is 0.429. The van der Waals surface area contributed by atoms with Crippen LogP contribution in [0.15, 0.2) is 48.7 Å². The number of ether oxygens (including phenoxy) is 4. The molecule has 2 aromatic carbocycles. The molecule has 8 nitrogen and oxygen atoms in total. The quantitative estimate of drug-likeness (QED) is 0.0936. The Kier molecular flexibility index (Phi) is 10.9. The Labute approximate surface area is 241 Å². The molecular formula is C28H37Cl2N3O5Si. The van der Waals surface area contributed by atoms with Gasteiger partial charge in [-0.25, -0.2) is 4.68 Å². The number of alkyl halides is 1. The van der Waals surface area contributed by atoms with Crippen molar-refractivity contribution < 1.29 is 23.7 Å². The number of anilines is 1.